The molecular weight excluding hydrogens is 426 g/mol. The molecule has 0 spiro atoms. The molecule has 5 heavy (non-hydrogen) atoms. The normalized spacial score (nSPS) is 9.00. The van der Waals surface area contributed by atoms with Crippen LogP contribution in [0.5, 0.6) is 0 Å². The standard InChI is InChI=1S/3CH3.2Pt/h3*1H3;;/q;;;+1;+4. The van der Waals surface area contributed by atoms with Gasteiger partial charge in [-0.05, 0) is 0 Å². The molecule has 0 radical (unpaired) electrons. The molecule has 0 saturated heterocycles. The summed E-state index contributed by atoms with van der Waals surface area (Å²) in [5.41, 5.74) is 0. The van der Waals surface area contributed by atoms with Crippen molar-refractivity contribution < 1.29 is 38.4 Å². The van der Waals surface area contributed by atoms with Gasteiger partial charge >= 0.3 is 54.3 Å². The van der Waals surface area contributed by atoms with Gasteiger partial charge in [0.25, 0.3) is 0 Å². The Bertz CT molecular complexity index is 9.61. The van der Waals surface area contributed by atoms with Crippen molar-refractivity contribution >= 4 is 0 Å². The summed E-state index contributed by atoms with van der Waals surface area (Å²) in [7, 11) is 0. The molecule has 0 aromatic carbocycles. The zero-order chi connectivity index (χ0) is 3.58. The number of hydrogen-bond acceptors (Lipinski definition) is 0. The van der Waals surface area contributed by atoms with Gasteiger partial charge in [-0.3, -0.25) is 0 Å². The summed E-state index contributed by atoms with van der Waals surface area (Å²) in [5.74, 6) is 0. The third-order valence-electron chi connectivity index (χ3n) is 0. The zero-order valence-corrected chi connectivity index (χ0v) is 8.18. The van der Waals surface area contributed by atoms with Crippen LogP contribution in [0.2, 0.25) is 15.9 Å². The SMILES string of the molecule is [CH3][Pt+]([CH3])[CH3].[Pt+4]. The molecule has 0 aliphatic heterocycles. The smallest absolute Gasteiger partial charge is 4.00 e. The molecular formula is C3H9Pt2+5. The van der Waals surface area contributed by atoms with E-state index in [-0.39, 0.29) is 38.4 Å². The first-order valence-corrected chi connectivity index (χ1v) is 7.77. The molecule has 0 N–H and O–H groups in total. The summed E-state index contributed by atoms with van der Waals surface area (Å²) >= 11 is -0.269. The van der Waals surface area contributed by atoms with E-state index in [0.29, 0.717) is 0 Å². The summed E-state index contributed by atoms with van der Waals surface area (Å²) in [5, 5.41) is 6.97. The minimum absolute atomic E-state index is 0. The molecule has 0 aliphatic carbocycles. The minimum Gasteiger partial charge on any atom is 4.00 e. The van der Waals surface area contributed by atoms with E-state index in [1.165, 1.54) is 0 Å². The van der Waals surface area contributed by atoms with E-state index < -0.39 is 0 Å². The Labute approximate surface area is 54.2 Å². The van der Waals surface area contributed by atoms with Crippen LogP contribution in [0.4, 0.5) is 0 Å². The fraction of sp³-hybridized carbons (Fsp3) is 1.00. The maximum atomic E-state index is 2.32. The molecule has 0 fully saturated rings. The molecule has 0 aromatic heterocycles. The number of rotatable bonds is 0. The van der Waals surface area contributed by atoms with Crippen LogP contribution in [0.25, 0.3) is 0 Å². The first-order chi connectivity index (χ1) is 1.73. The maximum Gasteiger partial charge on any atom is 4.00 e. The topological polar surface area (TPSA) is 0 Å². The summed E-state index contributed by atoms with van der Waals surface area (Å²) in [6, 6.07) is 0. The Hall–Kier alpha value is 1.38. The maximum absolute atomic E-state index is 2.32. The molecule has 36 valence electrons. The second kappa shape index (κ2) is 5.38. The van der Waals surface area contributed by atoms with Crippen molar-refractivity contribution in [3.05, 3.63) is 0 Å². The summed E-state index contributed by atoms with van der Waals surface area (Å²) < 4.78 is 0. The average Bonchev–Trinajstić information content (AvgIpc) is 0.811. The molecule has 0 nitrogen and oxygen atoms in total. The third-order valence-corrected chi connectivity index (χ3v) is 0. The van der Waals surface area contributed by atoms with Crippen molar-refractivity contribution in [1.82, 2.24) is 0 Å². The van der Waals surface area contributed by atoms with E-state index in [1.54, 1.807) is 0 Å². The Morgan fingerprint density at radius 3 is 1.00 bits per heavy atom. The van der Waals surface area contributed by atoms with Crippen molar-refractivity contribution in [2.45, 2.75) is 15.9 Å². The van der Waals surface area contributed by atoms with E-state index in [9.17, 15) is 0 Å². The van der Waals surface area contributed by atoms with Gasteiger partial charge in [-0.25, -0.2) is 0 Å². The predicted octanol–water partition coefficient (Wildman–Crippen LogP) is 1.75. The fourth-order valence-corrected chi connectivity index (χ4v) is 0. The van der Waals surface area contributed by atoms with Gasteiger partial charge in [0.1, 0.15) is 0 Å². The van der Waals surface area contributed by atoms with Crippen LogP contribution in [-0.2, 0) is 38.4 Å². The van der Waals surface area contributed by atoms with Crippen LogP contribution in [0, 0.1) is 0 Å². The second-order valence-corrected chi connectivity index (χ2v) is 7.77. The minimum atomic E-state index is -0.269. The molecule has 0 atom stereocenters. The summed E-state index contributed by atoms with van der Waals surface area (Å²) in [6.07, 6.45) is 0. The van der Waals surface area contributed by atoms with Gasteiger partial charge in [0, 0.05) is 0 Å². The van der Waals surface area contributed by atoms with Gasteiger partial charge in [-0.2, -0.15) is 0 Å². The molecule has 0 bridgehead atoms. The predicted molar refractivity (Wildman–Crippen MR) is 17.6 cm³/mol. The first-order valence-electron chi connectivity index (χ1n) is 0.949. The molecule has 0 amide bonds. The van der Waals surface area contributed by atoms with Crippen molar-refractivity contribution in [2.24, 2.45) is 0 Å². The monoisotopic (exact) mass is 435 g/mol. The Kier molecular flexibility index (Phi) is 10.3. The van der Waals surface area contributed by atoms with Crippen LogP contribution in [-0.4, -0.2) is 0 Å². The van der Waals surface area contributed by atoms with Gasteiger partial charge in [-0.15, -0.1) is 0 Å². The van der Waals surface area contributed by atoms with Gasteiger partial charge in [-0.1, -0.05) is 0 Å². The van der Waals surface area contributed by atoms with E-state index in [1.807, 2.05) is 0 Å². The van der Waals surface area contributed by atoms with E-state index in [4.69, 9.17) is 0 Å². The number of hydrogen-bond donors (Lipinski definition) is 0. The van der Waals surface area contributed by atoms with Gasteiger partial charge in [0.15, 0.2) is 0 Å². The molecule has 0 aromatic rings. The molecule has 0 unspecified atom stereocenters. The molecule has 0 heterocycles. The van der Waals surface area contributed by atoms with Crippen LogP contribution in [0.1, 0.15) is 0 Å². The van der Waals surface area contributed by atoms with E-state index in [2.05, 4.69) is 15.9 Å². The van der Waals surface area contributed by atoms with Crippen molar-refractivity contribution in [2.75, 3.05) is 0 Å². The van der Waals surface area contributed by atoms with Crippen molar-refractivity contribution in [3.8, 4) is 0 Å². The van der Waals surface area contributed by atoms with Crippen LogP contribution in [0.15, 0.2) is 0 Å². The first kappa shape index (κ1) is 9.62. The van der Waals surface area contributed by atoms with Crippen LogP contribution >= 0.6 is 0 Å². The fourth-order valence-electron chi connectivity index (χ4n) is 0. The third kappa shape index (κ3) is 32.3. The van der Waals surface area contributed by atoms with Crippen molar-refractivity contribution in [1.29, 1.82) is 0 Å². The van der Waals surface area contributed by atoms with Crippen LogP contribution < -0.4 is 0 Å². The second-order valence-electron chi connectivity index (χ2n) is 0.949. The summed E-state index contributed by atoms with van der Waals surface area (Å²) in [4.78, 5) is 0. The van der Waals surface area contributed by atoms with Crippen molar-refractivity contribution in [3.63, 3.8) is 0 Å². The van der Waals surface area contributed by atoms with Gasteiger partial charge in [0.05, 0.1) is 0 Å². The van der Waals surface area contributed by atoms with E-state index in [0.717, 1.165) is 0 Å². The largest absolute Gasteiger partial charge is 4.00 e. The molecule has 0 rings (SSSR count). The molecule has 2 heteroatoms. The Morgan fingerprint density at radius 2 is 1.00 bits per heavy atom. The average molecular weight is 435 g/mol. The Balaban J connectivity index is 0. The van der Waals surface area contributed by atoms with E-state index >= 15 is 0 Å². The van der Waals surface area contributed by atoms with Gasteiger partial charge < -0.3 is 0 Å². The van der Waals surface area contributed by atoms with Crippen LogP contribution in [0.3, 0.4) is 0 Å². The molecule has 0 aliphatic rings. The Morgan fingerprint density at radius 1 is 1.00 bits per heavy atom. The zero-order valence-electron chi connectivity index (χ0n) is 3.63. The quantitative estimate of drug-likeness (QED) is 0.544. The summed E-state index contributed by atoms with van der Waals surface area (Å²) in [6.45, 7) is 0. The molecule has 0 saturated carbocycles. The van der Waals surface area contributed by atoms with Gasteiger partial charge in [0.2, 0.25) is 0 Å².